The zero-order valence-corrected chi connectivity index (χ0v) is 9.13. The summed E-state index contributed by atoms with van der Waals surface area (Å²) in [6, 6.07) is 3.86. The lowest BCUT2D eigenvalue weighted by atomic mass is 9.91. The molecule has 0 aliphatic carbocycles. The largest absolute Gasteiger partial charge is 0.484 e. The third kappa shape index (κ3) is 3.23. The Bertz CT molecular complexity index is 432. The van der Waals surface area contributed by atoms with Crippen molar-refractivity contribution in [2.75, 3.05) is 19.7 Å². The Hall–Kier alpha value is -1.49. The van der Waals surface area contributed by atoms with E-state index in [9.17, 15) is 4.39 Å². The lowest BCUT2D eigenvalue weighted by Crippen LogP contribution is -2.35. The summed E-state index contributed by atoms with van der Waals surface area (Å²) in [4.78, 5) is 3.06. The molecule has 0 amide bonds. The van der Waals surface area contributed by atoms with Gasteiger partial charge in [0.2, 0.25) is 5.39 Å². The van der Waals surface area contributed by atoms with Crippen LogP contribution in [0.2, 0.25) is 0 Å². The van der Waals surface area contributed by atoms with E-state index in [0.29, 0.717) is 25.3 Å². The highest BCUT2D eigenvalue weighted by molar-refractivity contribution is 6.44. The minimum Gasteiger partial charge on any atom is -0.407 e. The number of halogens is 1. The van der Waals surface area contributed by atoms with Crippen LogP contribution < -0.4 is 0 Å². The van der Waals surface area contributed by atoms with Crippen molar-refractivity contribution in [2.45, 2.75) is 6.61 Å². The quantitative estimate of drug-likeness (QED) is 0.595. The van der Waals surface area contributed by atoms with Crippen LogP contribution in [0.1, 0.15) is 5.56 Å². The second kappa shape index (κ2) is 5.73. The van der Waals surface area contributed by atoms with Crippen molar-refractivity contribution in [1.29, 1.82) is 5.39 Å². The number of diazo groups is 1. The Morgan fingerprint density at radius 3 is 3.06 bits per heavy atom. The lowest BCUT2D eigenvalue weighted by molar-refractivity contribution is 0.0458. The molecule has 1 saturated heterocycles. The molecule has 7 heteroatoms. The highest BCUT2D eigenvalue weighted by Gasteiger charge is 2.24. The van der Waals surface area contributed by atoms with E-state index in [1.807, 2.05) is 0 Å². The van der Waals surface area contributed by atoms with Crippen molar-refractivity contribution in [3.63, 3.8) is 0 Å². The van der Waals surface area contributed by atoms with Gasteiger partial charge in [-0.3, -0.25) is 0 Å². The van der Waals surface area contributed by atoms with Crippen LogP contribution in [0, 0.1) is 11.2 Å². The average molecular weight is 237 g/mol. The Morgan fingerprint density at radius 1 is 1.47 bits per heavy atom. The van der Waals surface area contributed by atoms with E-state index in [1.165, 1.54) is 18.2 Å². The molecule has 0 atom stereocenters. The lowest BCUT2D eigenvalue weighted by Gasteiger charge is -2.19. The summed E-state index contributed by atoms with van der Waals surface area (Å²) in [5, 5.41) is 8.74. The SMILES string of the molecule is N#[N+]c1ccc(F)cc1COB1COCCO1. The number of nitrogens with zero attached hydrogens (tertiary/aromatic N) is 2. The number of ether oxygens (including phenoxy) is 1. The first-order valence-corrected chi connectivity index (χ1v) is 5.24. The van der Waals surface area contributed by atoms with E-state index in [2.05, 4.69) is 4.98 Å². The second-order valence-electron chi connectivity index (χ2n) is 3.56. The van der Waals surface area contributed by atoms with Crippen molar-refractivity contribution in [3.8, 4) is 0 Å². The fourth-order valence-electron chi connectivity index (χ4n) is 1.51. The van der Waals surface area contributed by atoms with Gasteiger partial charge >= 0.3 is 12.8 Å². The van der Waals surface area contributed by atoms with Crippen molar-refractivity contribution >= 4 is 12.8 Å². The first kappa shape index (κ1) is 12.0. The van der Waals surface area contributed by atoms with Gasteiger partial charge in [0.15, 0.2) is 4.98 Å². The number of hydrogen-bond donors (Lipinski definition) is 0. The summed E-state index contributed by atoms with van der Waals surface area (Å²) in [7, 11) is -0.460. The van der Waals surface area contributed by atoms with Gasteiger partial charge in [-0.15, -0.1) is 0 Å². The van der Waals surface area contributed by atoms with Gasteiger partial charge in [0, 0.05) is 6.07 Å². The molecule has 0 unspecified atom stereocenters. The first-order chi connectivity index (χ1) is 8.29. The van der Waals surface area contributed by atoms with Gasteiger partial charge in [-0.2, -0.15) is 0 Å². The van der Waals surface area contributed by atoms with Crippen LogP contribution in [0.4, 0.5) is 10.1 Å². The maximum atomic E-state index is 13.0. The van der Waals surface area contributed by atoms with Gasteiger partial charge in [-0.1, -0.05) is 0 Å². The van der Waals surface area contributed by atoms with Crippen LogP contribution in [0.5, 0.6) is 0 Å². The molecule has 0 spiro atoms. The second-order valence-corrected chi connectivity index (χ2v) is 3.56. The summed E-state index contributed by atoms with van der Waals surface area (Å²) in [5.41, 5.74) is 0.741. The topological polar surface area (TPSA) is 55.8 Å². The molecule has 1 aromatic rings. The Labute approximate surface area is 98.2 Å². The molecule has 5 nitrogen and oxygen atoms in total. The molecule has 2 rings (SSSR count). The van der Waals surface area contributed by atoms with Gasteiger partial charge in [0.05, 0.1) is 31.9 Å². The smallest absolute Gasteiger partial charge is 0.407 e. The van der Waals surface area contributed by atoms with Gasteiger partial charge in [0.25, 0.3) is 0 Å². The highest BCUT2D eigenvalue weighted by Crippen LogP contribution is 2.21. The number of rotatable bonds is 3. The van der Waals surface area contributed by atoms with Gasteiger partial charge in [-0.25, -0.2) is 4.39 Å². The van der Waals surface area contributed by atoms with E-state index in [4.69, 9.17) is 19.4 Å². The molecule has 1 fully saturated rings. The van der Waals surface area contributed by atoms with Crippen LogP contribution in [0.15, 0.2) is 18.2 Å². The van der Waals surface area contributed by atoms with Crippen molar-refractivity contribution in [3.05, 3.63) is 34.6 Å². The van der Waals surface area contributed by atoms with E-state index in [1.54, 1.807) is 0 Å². The van der Waals surface area contributed by atoms with Crippen LogP contribution >= 0.6 is 0 Å². The maximum Gasteiger partial charge on any atom is 0.484 e. The van der Waals surface area contributed by atoms with Crippen molar-refractivity contribution < 1.29 is 18.4 Å². The van der Waals surface area contributed by atoms with E-state index in [-0.39, 0.29) is 12.3 Å². The van der Waals surface area contributed by atoms with Crippen LogP contribution in [-0.4, -0.2) is 26.8 Å². The van der Waals surface area contributed by atoms with Crippen molar-refractivity contribution in [1.82, 2.24) is 0 Å². The van der Waals surface area contributed by atoms with Crippen LogP contribution in [-0.2, 0) is 20.7 Å². The van der Waals surface area contributed by atoms with Gasteiger partial charge in [0.1, 0.15) is 5.82 Å². The fraction of sp³-hybridized carbons (Fsp3) is 0.400. The molecule has 1 aromatic carbocycles. The van der Waals surface area contributed by atoms with Gasteiger partial charge in [-0.05, 0) is 12.1 Å². The van der Waals surface area contributed by atoms with E-state index < -0.39 is 12.9 Å². The van der Waals surface area contributed by atoms with Crippen LogP contribution in [0.25, 0.3) is 4.98 Å². The summed E-state index contributed by atoms with van der Waals surface area (Å²) in [6.45, 7) is 1.48. The standard InChI is InChI=1S/C10H11BFN2O3/c12-9-1-2-10(14-13)8(5-9)6-17-11-7-15-3-4-16-11/h1-2,5H,3-4,6-7H2/q+1. The molecule has 0 radical (unpaired) electrons. The third-order valence-electron chi connectivity index (χ3n) is 2.36. The molecule has 0 bridgehead atoms. The Balaban J connectivity index is 1.98. The van der Waals surface area contributed by atoms with E-state index in [0.717, 1.165) is 0 Å². The first-order valence-electron chi connectivity index (χ1n) is 5.24. The zero-order chi connectivity index (χ0) is 12.1. The normalized spacial score (nSPS) is 15.6. The molecule has 1 aliphatic heterocycles. The minimum atomic E-state index is -0.460. The fourth-order valence-corrected chi connectivity index (χ4v) is 1.51. The summed E-state index contributed by atoms with van der Waals surface area (Å²) < 4.78 is 28.8. The molecule has 0 aromatic heterocycles. The molecule has 1 heterocycles. The van der Waals surface area contributed by atoms with E-state index >= 15 is 0 Å². The molecule has 0 N–H and O–H groups in total. The summed E-state index contributed by atoms with van der Waals surface area (Å²) >= 11 is 0. The summed E-state index contributed by atoms with van der Waals surface area (Å²) in [5.74, 6) is -0.406. The minimum absolute atomic E-state index is 0.102. The predicted octanol–water partition coefficient (Wildman–Crippen LogP) is 1.90. The molecular weight excluding hydrogens is 226 g/mol. The molecule has 88 valence electrons. The Morgan fingerprint density at radius 2 is 2.35 bits per heavy atom. The van der Waals surface area contributed by atoms with Gasteiger partial charge < -0.3 is 14.0 Å². The van der Waals surface area contributed by atoms with Crippen LogP contribution in [0.3, 0.4) is 0 Å². The molecule has 17 heavy (non-hydrogen) atoms. The zero-order valence-electron chi connectivity index (χ0n) is 9.13. The molecular formula is C10H11BFN2O3+. The molecule has 1 aliphatic rings. The predicted molar refractivity (Wildman–Crippen MR) is 58.5 cm³/mol. The van der Waals surface area contributed by atoms with Crippen molar-refractivity contribution in [2.24, 2.45) is 0 Å². The average Bonchev–Trinajstić information content (AvgIpc) is 2.38. The number of hydrogen-bond acceptors (Lipinski definition) is 4. The number of benzene rings is 1. The highest BCUT2D eigenvalue weighted by atomic mass is 19.1. The summed E-state index contributed by atoms with van der Waals surface area (Å²) in [6.07, 6.45) is 0. The third-order valence-corrected chi connectivity index (χ3v) is 2.36. The monoisotopic (exact) mass is 237 g/mol. The molecule has 0 saturated carbocycles. The Kier molecular flexibility index (Phi) is 4.04. The maximum absolute atomic E-state index is 13.0.